The largest absolute Gasteiger partial charge is 0.480 e. The number of nitrogens with zero attached hydrogens (tertiary/aromatic N) is 1. The van der Waals surface area contributed by atoms with E-state index in [-0.39, 0.29) is 24.9 Å². The number of ether oxygens (including phenoxy) is 1. The van der Waals surface area contributed by atoms with Gasteiger partial charge in [-0.25, -0.2) is 9.78 Å². The number of aliphatic carboxylic acids is 1. The van der Waals surface area contributed by atoms with Crippen LogP contribution in [0.2, 0.25) is 0 Å². The van der Waals surface area contributed by atoms with Crippen molar-refractivity contribution in [2.45, 2.75) is 24.9 Å². The van der Waals surface area contributed by atoms with E-state index in [0.717, 1.165) is 11.1 Å². The summed E-state index contributed by atoms with van der Waals surface area (Å²) in [7, 11) is 0. The number of carboxylic acid groups (broad SMARTS) is 1. The second-order valence-electron chi connectivity index (χ2n) is 8.01. The molecule has 0 spiro atoms. The molecule has 9 heteroatoms. The number of rotatable bonds is 13. The first kappa shape index (κ1) is 26.1. The summed E-state index contributed by atoms with van der Waals surface area (Å²) in [5.74, 6) is -0.849. The van der Waals surface area contributed by atoms with Crippen LogP contribution >= 0.6 is 12.6 Å². The molecule has 0 saturated carbocycles. The Balaban J connectivity index is 1.69. The molecule has 35 heavy (non-hydrogen) atoms. The first-order valence-electron chi connectivity index (χ1n) is 11.3. The number of amides is 1. The quantitative estimate of drug-likeness (QED) is 0.231. The van der Waals surface area contributed by atoms with E-state index in [1.54, 1.807) is 0 Å². The Kier molecular flexibility index (Phi) is 9.94. The number of anilines is 1. The van der Waals surface area contributed by atoms with Gasteiger partial charge in [0.25, 0.3) is 5.91 Å². The van der Waals surface area contributed by atoms with Gasteiger partial charge in [0.05, 0.1) is 11.4 Å². The summed E-state index contributed by atoms with van der Waals surface area (Å²) in [4.78, 5) is 28.8. The monoisotopic (exact) mass is 494 g/mol. The van der Waals surface area contributed by atoms with E-state index in [0.29, 0.717) is 30.1 Å². The number of thiol groups is 1. The lowest BCUT2D eigenvalue weighted by atomic mass is 10.1. The number of aromatic nitrogens is 1. The van der Waals surface area contributed by atoms with E-state index >= 15 is 0 Å². The van der Waals surface area contributed by atoms with Crippen molar-refractivity contribution in [3.8, 4) is 17.1 Å². The van der Waals surface area contributed by atoms with Gasteiger partial charge in [0, 0.05) is 30.3 Å². The molecule has 0 aliphatic rings. The van der Waals surface area contributed by atoms with Gasteiger partial charge >= 0.3 is 5.97 Å². The molecule has 5 N–H and O–H groups in total. The molecule has 2 atom stereocenters. The molecule has 0 saturated heterocycles. The zero-order valence-electron chi connectivity index (χ0n) is 19.3. The molecule has 0 aliphatic carbocycles. The maximum atomic E-state index is 12.6. The minimum Gasteiger partial charge on any atom is -0.480 e. The van der Waals surface area contributed by atoms with Crippen LogP contribution in [0.15, 0.2) is 72.8 Å². The van der Waals surface area contributed by atoms with E-state index in [1.165, 1.54) is 0 Å². The molecule has 3 aromatic rings. The molecule has 0 aliphatic heterocycles. The van der Waals surface area contributed by atoms with Crippen molar-refractivity contribution in [3.63, 3.8) is 0 Å². The molecule has 1 heterocycles. The van der Waals surface area contributed by atoms with Crippen LogP contribution in [0.4, 0.5) is 5.69 Å². The Morgan fingerprint density at radius 2 is 1.71 bits per heavy atom. The molecular weight excluding hydrogens is 464 g/mol. The fourth-order valence-electron chi connectivity index (χ4n) is 3.36. The molecule has 2 aromatic carbocycles. The van der Waals surface area contributed by atoms with Crippen LogP contribution in [0.1, 0.15) is 12.0 Å². The summed E-state index contributed by atoms with van der Waals surface area (Å²) >= 11 is 4.20. The first-order chi connectivity index (χ1) is 17.0. The molecule has 1 amide bonds. The van der Waals surface area contributed by atoms with Gasteiger partial charge in [-0.3, -0.25) is 4.79 Å². The van der Waals surface area contributed by atoms with Gasteiger partial charge in [0.2, 0.25) is 5.88 Å². The molecule has 1 unspecified atom stereocenters. The topological polar surface area (TPSA) is 127 Å². The third kappa shape index (κ3) is 8.31. The predicted molar refractivity (Wildman–Crippen MR) is 140 cm³/mol. The minimum absolute atomic E-state index is 0.0462. The molecule has 0 fully saturated rings. The van der Waals surface area contributed by atoms with Crippen LogP contribution in [-0.4, -0.2) is 53.0 Å². The van der Waals surface area contributed by atoms with Crippen LogP contribution < -0.4 is 21.1 Å². The SMILES string of the molecule is NC(CS)CCNc1ccc(-c2ccccc2)nc1OCC(=O)N[C@@H](Cc1ccccc1)C(=O)O. The van der Waals surface area contributed by atoms with E-state index in [4.69, 9.17) is 10.5 Å². The van der Waals surface area contributed by atoms with Crippen molar-refractivity contribution in [1.29, 1.82) is 0 Å². The van der Waals surface area contributed by atoms with Crippen molar-refractivity contribution in [3.05, 3.63) is 78.4 Å². The summed E-state index contributed by atoms with van der Waals surface area (Å²) in [6, 6.07) is 21.3. The molecule has 0 radical (unpaired) electrons. The number of carboxylic acids is 1. The number of carbonyl (C=O) groups is 2. The second-order valence-corrected chi connectivity index (χ2v) is 8.38. The highest BCUT2D eigenvalue weighted by molar-refractivity contribution is 7.80. The van der Waals surface area contributed by atoms with Crippen LogP contribution in [0.25, 0.3) is 11.3 Å². The summed E-state index contributed by atoms with van der Waals surface area (Å²) in [6.45, 7) is 0.198. The number of nitrogens with two attached hydrogens (primary N) is 1. The third-order valence-corrected chi connectivity index (χ3v) is 5.72. The number of hydrogen-bond acceptors (Lipinski definition) is 7. The highest BCUT2D eigenvalue weighted by Crippen LogP contribution is 2.27. The highest BCUT2D eigenvalue weighted by Gasteiger charge is 2.21. The van der Waals surface area contributed by atoms with Crippen molar-refractivity contribution < 1.29 is 19.4 Å². The lowest BCUT2D eigenvalue weighted by Crippen LogP contribution is -2.44. The number of carbonyl (C=O) groups excluding carboxylic acids is 1. The summed E-state index contributed by atoms with van der Waals surface area (Å²) < 4.78 is 5.75. The smallest absolute Gasteiger partial charge is 0.326 e. The Labute approximate surface area is 210 Å². The van der Waals surface area contributed by atoms with Gasteiger partial charge in [-0.1, -0.05) is 60.7 Å². The zero-order valence-corrected chi connectivity index (χ0v) is 20.2. The Bertz CT molecular complexity index is 1100. The van der Waals surface area contributed by atoms with Gasteiger partial charge in [0.1, 0.15) is 6.04 Å². The maximum absolute atomic E-state index is 12.6. The van der Waals surface area contributed by atoms with Crippen molar-refractivity contribution >= 4 is 30.2 Å². The third-order valence-electron chi connectivity index (χ3n) is 5.25. The van der Waals surface area contributed by atoms with Gasteiger partial charge in [-0.2, -0.15) is 12.6 Å². The molecule has 184 valence electrons. The second kappa shape index (κ2) is 13.4. The average Bonchev–Trinajstić information content (AvgIpc) is 2.88. The number of nitrogens with one attached hydrogen (secondary N) is 2. The molecule has 1 aromatic heterocycles. The van der Waals surface area contributed by atoms with Crippen molar-refractivity contribution in [1.82, 2.24) is 10.3 Å². The van der Waals surface area contributed by atoms with Gasteiger partial charge < -0.3 is 26.2 Å². The predicted octanol–water partition coefficient (Wildman–Crippen LogP) is 3.00. The average molecular weight is 495 g/mol. The van der Waals surface area contributed by atoms with Crippen molar-refractivity contribution in [2.24, 2.45) is 5.73 Å². The fraction of sp³-hybridized carbons (Fsp3) is 0.269. The van der Waals surface area contributed by atoms with Crippen molar-refractivity contribution in [2.75, 3.05) is 24.2 Å². The normalized spacial score (nSPS) is 12.4. The van der Waals surface area contributed by atoms with E-state index in [1.807, 2.05) is 72.8 Å². The van der Waals surface area contributed by atoms with Crippen LogP contribution in [0, 0.1) is 0 Å². The summed E-state index contributed by atoms with van der Waals surface area (Å²) in [5, 5.41) is 15.3. The summed E-state index contributed by atoms with van der Waals surface area (Å²) in [6.07, 6.45) is 0.867. The van der Waals surface area contributed by atoms with Crippen LogP contribution in [0.5, 0.6) is 5.88 Å². The highest BCUT2D eigenvalue weighted by atomic mass is 32.1. The number of benzene rings is 2. The Morgan fingerprint density at radius 3 is 2.37 bits per heavy atom. The number of hydrogen-bond donors (Lipinski definition) is 5. The summed E-state index contributed by atoms with van der Waals surface area (Å²) in [5.41, 5.74) is 8.95. The minimum atomic E-state index is -1.12. The molecule has 0 bridgehead atoms. The fourth-order valence-corrected chi connectivity index (χ4v) is 3.54. The molecule has 3 rings (SSSR count). The van der Waals surface area contributed by atoms with E-state index in [9.17, 15) is 14.7 Å². The lowest BCUT2D eigenvalue weighted by molar-refractivity contribution is -0.142. The molecular formula is C26H30N4O4S. The molecule has 8 nitrogen and oxygen atoms in total. The van der Waals surface area contributed by atoms with Gasteiger partial charge in [-0.05, 0) is 24.1 Å². The maximum Gasteiger partial charge on any atom is 0.326 e. The van der Waals surface area contributed by atoms with E-state index in [2.05, 4.69) is 28.2 Å². The zero-order chi connectivity index (χ0) is 25.0. The Hall–Kier alpha value is -3.56. The van der Waals surface area contributed by atoms with Crippen LogP contribution in [0.3, 0.4) is 0 Å². The van der Waals surface area contributed by atoms with Crippen LogP contribution in [-0.2, 0) is 16.0 Å². The Morgan fingerprint density at radius 1 is 1.03 bits per heavy atom. The van der Waals surface area contributed by atoms with Gasteiger partial charge in [0.15, 0.2) is 6.61 Å². The lowest BCUT2D eigenvalue weighted by Gasteiger charge is -2.17. The first-order valence-corrected chi connectivity index (χ1v) is 11.9. The number of pyridine rings is 1. The van der Waals surface area contributed by atoms with Gasteiger partial charge in [-0.15, -0.1) is 0 Å². The van der Waals surface area contributed by atoms with E-state index < -0.39 is 17.9 Å². The standard InChI is InChI=1S/C26H30N4O4S/c27-20(17-35)13-14-28-22-12-11-21(19-9-5-2-6-10-19)30-25(22)34-16-24(31)29-23(26(32)33)15-18-7-3-1-4-8-18/h1-12,20,23,28,35H,13-17,27H2,(H,29,31)(H,32,33)/t20?,23-/m0/s1.